The van der Waals surface area contributed by atoms with Gasteiger partial charge in [-0.2, -0.15) is 0 Å². The second kappa shape index (κ2) is 7.12. The van der Waals surface area contributed by atoms with Crippen LogP contribution in [0.3, 0.4) is 0 Å². The Hall–Kier alpha value is -1.32. The standard InChI is InChI=1S/C10H17NO3/c1-4-6-11(9(3)12)7-8-14-10(13)5-2/h5H,2,4,6-8H2,1,3H3. The van der Waals surface area contributed by atoms with Crippen LogP contribution in [0.2, 0.25) is 0 Å². The van der Waals surface area contributed by atoms with E-state index in [1.54, 1.807) is 4.90 Å². The van der Waals surface area contributed by atoms with Crippen molar-refractivity contribution in [3.8, 4) is 0 Å². The van der Waals surface area contributed by atoms with Crippen LogP contribution < -0.4 is 0 Å². The van der Waals surface area contributed by atoms with Gasteiger partial charge >= 0.3 is 5.97 Å². The van der Waals surface area contributed by atoms with E-state index in [9.17, 15) is 9.59 Å². The fraction of sp³-hybridized carbons (Fsp3) is 0.600. The number of hydrogen-bond acceptors (Lipinski definition) is 3. The minimum Gasteiger partial charge on any atom is -0.461 e. The highest BCUT2D eigenvalue weighted by Crippen LogP contribution is 1.93. The van der Waals surface area contributed by atoms with Crippen molar-refractivity contribution >= 4 is 11.9 Å². The van der Waals surface area contributed by atoms with E-state index in [4.69, 9.17) is 4.74 Å². The van der Waals surface area contributed by atoms with Gasteiger partial charge in [0.25, 0.3) is 0 Å². The summed E-state index contributed by atoms with van der Waals surface area (Å²) in [6.07, 6.45) is 2.01. The van der Waals surface area contributed by atoms with Crippen LogP contribution >= 0.6 is 0 Å². The highest BCUT2D eigenvalue weighted by atomic mass is 16.5. The highest BCUT2D eigenvalue weighted by Gasteiger charge is 2.07. The third kappa shape index (κ3) is 5.35. The van der Waals surface area contributed by atoms with Crippen molar-refractivity contribution in [2.45, 2.75) is 20.3 Å². The first-order chi connectivity index (χ1) is 6.61. The van der Waals surface area contributed by atoms with Gasteiger partial charge in [0.1, 0.15) is 6.61 Å². The topological polar surface area (TPSA) is 46.6 Å². The summed E-state index contributed by atoms with van der Waals surface area (Å²) in [7, 11) is 0. The molecular formula is C10H17NO3. The van der Waals surface area contributed by atoms with Gasteiger partial charge in [0.2, 0.25) is 5.91 Å². The Kier molecular flexibility index (Phi) is 6.45. The molecule has 0 N–H and O–H groups in total. The van der Waals surface area contributed by atoms with Gasteiger partial charge < -0.3 is 9.64 Å². The van der Waals surface area contributed by atoms with Gasteiger partial charge in [-0.15, -0.1) is 0 Å². The maximum atomic E-state index is 11.0. The van der Waals surface area contributed by atoms with Crippen LogP contribution in [0.25, 0.3) is 0 Å². The summed E-state index contributed by atoms with van der Waals surface area (Å²) in [6.45, 7) is 8.14. The molecular weight excluding hydrogens is 182 g/mol. The smallest absolute Gasteiger partial charge is 0.330 e. The molecule has 14 heavy (non-hydrogen) atoms. The number of hydrogen-bond donors (Lipinski definition) is 0. The summed E-state index contributed by atoms with van der Waals surface area (Å²) in [4.78, 5) is 23.4. The van der Waals surface area contributed by atoms with Crippen LogP contribution in [0, 0.1) is 0 Å². The lowest BCUT2D eigenvalue weighted by atomic mass is 10.4. The normalized spacial score (nSPS) is 9.29. The van der Waals surface area contributed by atoms with E-state index in [1.165, 1.54) is 6.92 Å². The second-order valence-electron chi connectivity index (χ2n) is 2.88. The van der Waals surface area contributed by atoms with Crippen LogP contribution in [-0.4, -0.2) is 36.5 Å². The minimum atomic E-state index is -0.454. The molecule has 1 amide bonds. The Balaban J connectivity index is 3.76. The Labute approximate surface area is 84.5 Å². The minimum absolute atomic E-state index is 0.00139. The van der Waals surface area contributed by atoms with E-state index in [0.29, 0.717) is 13.1 Å². The zero-order valence-corrected chi connectivity index (χ0v) is 8.78. The molecule has 0 spiro atoms. The van der Waals surface area contributed by atoms with Gasteiger partial charge in [-0.25, -0.2) is 4.79 Å². The number of rotatable bonds is 6. The fourth-order valence-corrected chi connectivity index (χ4v) is 1.01. The summed E-state index contributed by atoms with van der Waals surface area (Å²) in [5.74, 6) is -0.452. The van der Waals surface area contributed by atoms with Crippen LogP contribution in [0.15, 0.2) is 12.7 Å². The van der Waals surface area contributed by atoms with Gasteiger partial charge in [0, 0.05) is 19.5 Å². The molecule has 0 aliphatic carbocycles. The Morgan fingerprint density at radius 3 is 2.50 bits per heavy atom. The molecule has 0 aliphatic heterocycles. The third-order valence-electron chi connectivity index (χ3n) is 1.71. The molecule has 0 saturated heterocycles. The molecule has 0 saturated carbocycles. The molecule has 0 fully saturated rings. The molecule has 0 unspecified atom stereocenters. The molecule has 4 nitrogen and oxygen atoms in total. The van der Waals surface area contributed by atoms with E-state index in [-0.39, 0.29) is 12.5 Å². The largest absolute Gasteiger partial charge is 0.461 e. The molecule has 0 heterocycles. The van der Waals surface area contributed by atoms with E-state index in [0.717, 1.165) is 12.5 Å². The molecule has 0 bridgehead atoms. The molecule has 0 radical (unpaired) electrons. The number of ether oxygens (including phenoxy) is 1. The Morgan fingerprint density at radius 1 is 1.43 bits per heavy atom. The van der Waals surface area contributed by atoms with Crippen LogP contribution in [-0.2, 0) is 14.3 Å². The molecule has 0 aromatic heterocycles. The molecule has 4 heteroatoms. The van der Waals surface area contributed by atoms with Crippen molar-refractivity contribution in [1.29, 1.82) is 0 Å². The number of amides is 1. The Morgan fingerprint density at radius 2 is 2.07 bits per heavy atom. The first-order valence-corrected chi connectivity index (χ1v) is 4.66. The van der Waals surface area contributed by atoms with Gasteiger partial charge in [0.15, 0.2) is 0 Å². The van der Waals surface area contributed by atoms with Crippen LogP contribution in [0.5, 0.6) is 0 Å². The van der Waals surface area contributed by atoms with Crippen molar-refractivity contribution in [3.05, 3.63) is 12.7 Å². The summed E-state index contributed by atoms with van der Waals surface area (Å²) in [5, 5.41) is 0. The first-order valence-electron chi connectivity index (χ1n) is 4.66. The summed E-state index contributed by atoms with van der Waals surface area (Å²) >= 11 is 0. The average molecular weight is 199 g/mol. The third-order valence-corrected chi connectivity index (χ3v) is 1.71. The molecule has 0 aromatic rings. The van der Waals surface area contributed by atoms with E-state index in [1.807, 2.05) is 6.92 Å². The maximum absolute atomic E-state index is 11.0. The molecule has 0 atom stereocenters. The second-order valence-corrected chi connectivity index (χ2v) is 2.88. The van der Waals surface area contributed by atoms with Crippen molar-refractivity contribution in [1.82, 2.24) is 4.90 Å². The lowest BCUT2D eigenvalue weighted by Crippen LogP contribution is -2.33. The van der Waals surface area contributed by atoms with E-state index < -0.39 is 5.97 Å². The zero-order valence-electron chi connectivity index (χ0n) is 8.78. The Bertz CT molecular complexity index is 213. The number of carbonyl (C=O) groups excluding carboxylic acids is 2. The maximum Gasteiger partial charge on any atom is 0.330 e. The first kappa shape index (κ1) is 12.7. The molecule has 0 rings (SSSR count). The average Bonchev–Trinajstić information content (AvgIpc) is 2.16. The van der Waals surface area contributed by atoms with Crippen molar-refractivity contribution < 1.29 is 14.3 Å². The quantitative estimate of drug-likeness (QED) is 0.473. The van der Waals surface area contributed by atoms with Crippen molar-refractivity contribution in [2.75, 3.05) is 19.7 Å². The predicted molar refractivity (Wildman–Crippen MR) is 53.7 cm³/mol. The fourth-order valence-electron chi connectivity index (χ4n) is 1.01. The predicted octanol–water partition coefficient (Wildman–Crippen LogP) is 0.974. The number of nitrogens with zero attached hydrogens (tertiary/aromatic N) is 1. The van der Waals surface area contributed by atoms with E-state index in [2.05, 4.69) is 6.58 Å². The van der Waals surface area contributed by atoms with Crippen molar-refractivity contribution in [3.63, 3.8) is 0 Å². The SMILES string of the molecule is C=CC(=O)OCCN(CCC)C(C)=O. The van der Waals surface area contributed by atoms with Crippen molar-refractivity contribution in [2.24, 2.45) is 0 Å². The van der Waals surface area contributed by atoms with Crippen LogP contribution in [0.1, 0.15) is 20.3 Å². The summed E-state index contributed by atoms with van der Waals surface area (Å²) in [6, 6.07) is 0. The summed E-state index contributed by atoms with van der Waals surface area (Å²) in [5.41, 5.74) is 0. The molecule has 80 valence electrons. The number of carbonyl (C=O) groups is 2. The van der Waals surface area contributed by atoms with Gasteiger partial charge in [0.05, 0.1) is 6.54 Å². The number of esters is 1. The molecule has 0 aliphatic rings. The highest BCUT2D eigenvalue weighted by molar-refractivity contribution is 5.81. The van der Waals surface area contributed by atoms with Crippen LogP contribution in [0.4, 0.5) is 0 Å². The summed E-state index contributed by atoms with van der Waals surface area (Å²) < 4.78 is 4.77. The lowest BCUT2D eigenvalue weighted by molar-refractivity contribution is -0.140. The van der Waals surface area contributed by atoms with Gasteiger partial charge in [-0.05, 0) is 6.42 Å². The zero-order chi connectivity index (χ0) is 11.0. The van der Waals surface area contributed by atoms with Gasteiger partial charge in [-0.1, -0.05) is 13.5 Å². The monoisotopic (exact) mass is 199 g/mol. The lowest BCUT2D eigenvalue weighted by Gasteiger charge is -2.19. The van der Waals surface area contributed by atoms with E-state index >= 15 is 0 Å². The van der Waals surface area contributed by atoms with Gasteiger partial charge in [-0.3, -0.25) is 4.79 Å². The molecule has 0 aromatic carbocycles.